The van der Waals surface area contributed by atoms with Gasteiger partial charge in [-0.2, -0.15) is 5.10 Å². The molecule has 17 heavy (non-hydrogen) atoms. The number of aromatic nitrogens is 3. The Balaban J connectivity index is 1.98. The third-order valence-corrected chi connectivity index (χ3v) is 2.36. The molecule has 0 saturated heterocycles. The summed E-state index contributed by atoms with van der Waals surface area (Å²) in [5.41, 5.74) is 7.77. The summed E-state index contributed by atoms with van der Waals surface area (Å²) >= 11 is 0. The number of nitrogens with two attached hydrogens (primary N) is 1. The Kier molecular flexibility index (Phi) is 3.04. The van der Waals surface area contributed by atoms with Crippen molar-refractivity contribution in [2.45, 2.75) is 13.5 Å². The van der Waals surface area contributed by atoms with Crippen LogP contribution in [0.1, 0.15) is 21.6 Å². The number of rotatable bonds is 3. The number of pyridine rings is 1. The Labute approximate surface area is 98.3 Å². The highest BCUT2D eigenvalue weighted by Crippen LogP contribution is 2.06. The van der Waals surface area contributed by atoms with E-state index in [9.17, 15) is 4.79 Å². The van der Waals surface area contributed by atoms with Crippen LogP contribution < -0.4 is 11.1 Å². The van der Waals surface area contributed by atoms with Crippen LogP contribution in [-0.4, -0.2) is 21.1 Å². The number of aryl methyl sites for hydroxylation is 1. The van der Waals surface area contributed by atoms with Crippen molar-refractivity contribution in [3.63, 3.8) is 0 Å². The first kappa shape index (κ1) is 11.1. The summed E-state index contributed by atoms with van der Waals surface area (Å²) in [5.74, 6) is 0.283. The minimum Gasteiger partial charge on any atom is -0.384 e. The smallest absolute Gasteiger partial charge is 0.253 e. The van der Waals surface area contributed by atoms with Crippen molar-refractivity contribution in [3.05, 3.63) is 41.3 Å². The molecule has 0 saturated carbocycles. The molecule has 1 amide bonds. The molecule has 6 heteroatoms. The predicted octanol–water partition coefficient (Wildman–Crippen LogP) is 0.625. The minimum absolute atomic E-state index is 0.182. The van der Waals surface area contributed by atoms with Gasteiger partial charge in [0.25, 0.3) is 5.91 Å². The molecule has 0 aliphatic carbocycles. The van der Waals surface area contributed by atoms with Gasteiger partial charge in [-0.1, -0.05) is 0 Å². The van der Waals surface area contributed by atoms with E-state index < -0.39 is 0 Å². The lowest BCUT2D eigenvalue weighted by molar-refractivity contribution is 0.0950. The molecule has 0 aromatic carbocycles. The SMILES string of the molecule is Cc1ccc(C(=O)NCc2cn[nH]c2N)cn1. The highest BCUT2D eigenvalue weighted by Gasteiger charge is 2.07. The summed E-state index contributed by atoms with van der Waals surface area (Å²) in [5, 5.41) is 9.12. The van der Waals surface area contributed by atoms with Crippen LogP contribution in [0.5, 0.6) is 0 Å². The highest BCUT2D eigenvalue weighted by atomic mass is 16.1. The summed E-state index contributed by atoms with van der Waals surface area (Å²) in [6, 6.07) is 3.53. The van der Waals surface area contributed by atoms with Crippen molar-refractivity contribution in [1.29, 1.82) is 0 Å². The van der Waals surface area contributed by atoms with Crippen molar-refractivity contribution in [2.75, 3.05) is 5.73 Å². The van der Waals surface area contributed by atoms with Gasteiger partial charge in [0.05, 0.1) is 11.8 Å². The van der Waals surface area contributed by atoms with Gasteiger partial charge < -0.3 is 11.1 Å². The zero-order valence-electron chi connectivity index (χ0n) is 9.40. The summed E-state index contributed by atoms with van der Waals surface area (Å²) in [4.78, 5) is 15.8. The van der Waals surface area contributed by atoms with Gasteiger partial charge in [0.1, 0.15) is 5.82 Å². The third kappa shape index (κ3) is 2.60. The van der Waals surface area contributed by atoms with E-state index in [2.05, 4.69) is 20.5 Å². The Morgan fingerprint density at radius 1 is 1.47 bits per heavy atom. The summed E-state index contributed by atoms with van der Waals surface area (Å²) in [6.45, 7) is 2.21. The van der Waals surface area contributed by atoms with E-state index >= 15 is 0 Å². The molecule has 0 atom stereocenters. The first-order valence-electron chi connectivity index (χ1n) is 5.15. The van der Waals surface area contributed by atoms with Gasteiger partial charge in [-0.25, -0.2) is 0 Å². The highest BCUT2D eigenvalue weighted by molar-refractivity contribution is 5.93. The van der Waals surface area contributed by atoms with E-state index in [4.69, 9.17) is 5.73 Å². The van der Waals surface area contributed by atoms with Crippen LogP contribution in [0.3, 0.4) is 0 Å². The van der Waals surface area contributed by atoms with E-state index in [1.54, 1.807) is 24.5 Å². The van der Waals surface area contributed by atoms with E-state index in [0.717, 1.165) is 11.3 Å². The number of aromatic amines is 1. The zero-order valence-corrected chi connectivity index (χ0v) is 9.40. The van der Waals surface area contributed by atoms with Gasteiger partial charge >= 0.3 is 0 Å². The molecular weight excluding hydrogens is 218 g/mol. The molecule has 0 aliphatic rings. The largest absolute Gasteiger partial charge is 0.384 e. The summed E-state index contributed by atoms with van der Waals surface area (Å²) in [6.07, 6.45) is 3.13. The summed E-state index contributed by atoms with van der Waals surface area (Å²) in [7, 11) is 0. The van der Waals surface area contributed by atoms with Gasteiger partial charge in [0.2, 0.25) is 0 Å². The van der Waals surface area contributed by atoms with Gasteiger partial charge in [-0.3, -0.25) is 14.9 Å². The quantitative estimate of drug-likeness (QED) is 0.721. The lowest BCUT2D eigenvalue weighted by atomic mass is 10.2. The average Bonchev–Trinajstić information content (AvgIpc) is 2.73. The Morgan fingerprint density at radius 2 is 2.29 bits per heavy atom. The van der Waals surface area contributed by atoms with E-state index in [1.807, 2.05) is 6.92 Å². The number of nitrogens with zero attached hydrogens (tertiary/aromatic N) is 2. The normalized spacial score (nSPS) is 10.2. The molecule has 0 bridgehead atoms. The third-order valence-electron chi connectivity index (χ3n) is 2.36. The second-order valence-electron chi connectivity index (χ2n) is 3.68. The Hall–Kier alpha value is -2.37. The molecule has 4 N–H and O–H groups in total. The van der Waals surface area contributed by atoms with Crippen LogP contribution in [0, 0.1) is 6.92 Å². The average molecular weight is 231 g/mol. The molecule has 88 valence electrons. The number of nitrogen functional groups attached to an aromatic ring is 1. The first-order chi connectivity index (χ1) is 8.16. The Bertz CT molecular complexity index is 517. The lowest BCUT2D eigenvalue weighted by Crippen LogP contribution is -2.23. The number of carbonyl (C=O) groups excluding carboxylic acids is 1. The van der Waals surface area contributed by atoms with E-state index in [0.29, 0.717) is 17.9 Å². The number of hydrogen-bond donors (Lipinski definition) is 3. The maximum absolute atomic E-state index is 11.7. The minimum atomic E-state index is -0.182. The molecule has 2 aromatic heterocycles. The van der Waals surface area contributed by atoms with Crippen LogP contribution >= 0.6 is 0 Å². The van der Waals surface area contributed by atoms with Crippen LogP contribution in [0.15, 0.2) is 24.5 Å². The fraction of sp³-hybridized carbons (Fsp3) is 0.182. The monoisotopic (exact) mass is 231 g/mol. The standard InChI is InChI=1S/C11H13N5O/c1-7-2-3-8(4-13-7)11(17)14-5-9-6-15-16-10(9)12/h2-4,6H,5H2,1H3,(H,14,17)(H3,12,15,16). The van der Waals surface area contributed by atoms with Gasteiger partial charge in [0, 0.05) is 24.0 Å². The second-order valence-corrected chi connectivity index (χ2v) is 3.68. The first-order valence-corrected chi connectivity index (χ1v) is 5.15. The number of H-pyrrole nitrogens is 1. The van der Waals surface area contributed by atoms with Crippen LogP contribution in [0.4, 0.5) is 5.82 Å². The lowest BCUT2D eigenvalue weighted by Gasteiger charge is -2.04. The van der Waals surface area contributed by atoms with Crippen molar-refractivity contribution in [1.82, 2.24) is 20.5 Å². The number of amides is 1. The molecule has 2 rings (SSSR count). The maximum Gasteiger partial charge on any atom is 0.253 e. The van der Waals surface area contributed by atoms with Crippen molar-refractivity contribution in [3.8, 4) is 0 Å². The zero-order chi connectivity index (χ0) is 12.3. The molecule has 6 nitrogen and oxygen atoms in total. The molecule has 0 radical (unpaired) electrons. The van der Waals surface area contributed by atoms with Crippen LogP contribution in [-0.2, 0) is 6.54 Å². The van der Waals surface area contributed by atoms with E-state index in [1.165, 1.54) is 0 Å². The molecule has 0 spiro atoms. The van der Waals surface area contributed by atoms with Gasteiger partial charge in [-0.05, 0) is 19.1 Å². The Morgan fingerprint density at radius 3 is 2.88 bits per heavy atom. The maximum atomic E-state index is 11.7. The molecule has 0 unspecified atom stereocenters. The fourth-order valence-corrected chi connectivity index (χ4v) is 1.34. The molecule has 2 aromatic rings. The second kappa shape index (κ2) is 4.65. The summed E-state index contributed by atoms with van der Waals surface area (Å²) < 4.78 is 0. The number of hydrogen-bond acceptors (Lipinski definition) is 4. The molecular formula is C11H13N5O. The van der Waals surface area contributed by atoms with Crippen molar-refractivity contribution >= 4 is 11.7 Å². The number of carbonyl (C=O) groups is 1. The molecule has 0 aliphatic heterocycles. The van der Waals surface area contributed by atoms with E-state index in [-0.39, 0.29) is 5.91 Å². The van der Waals surface area contributed by atoms with Gasteiger partial charge in [-0.15, -0.1) is 0 Å². The fourth-order valence-electron chi connectivity index (χ4n) is 1.34. The molecule has 0 fully saturated rings. The molecule has 2 heterocycles. The predicted molar refractivity (Wildman–Crippen MR) is 63.1 cm³/mol. The van der Waals surface area contributed by atoms with Gasteiger partial charge in [0.15, 0.2) is 0 Å². The topological polar surface area (TPSA) is 96.7 Å². The van der Waals surface area contributed by atoms with Crippen LogP contribution in [0.25, 0.3) is 0 Å². The van der Waals surface area contributed by atoms with Crippen molar-refractivity contribution < 1.29 is 4.79 Å². The number of anilines is 1. The number of nitrogens with one attached hydrogen (secondary N) is 2. The van der Waals surface area contributed by atoms with Crippen molar-refractivity contribution in [2.24, 2.45) is 0 Å². The van der Waals surface area contributed by atoms with Crippen LogP contribution in [0.2, 0.25) is 0 Å².